The molecule has 0 aliphatic heterocycles. The summed E-state index contributed by atoms with van der Waals surface area (Å²) in [6.07, 6.45) is 5.56. The Morgan fingerprint density at radius 2 is 2.23 bits per heavy atom. The minimum Gasteiger partial charge on any atom is -0.387 e. The van der Waals surface area contributed by atoms with Gasteiger partial charge in [-0.05, 0) is 38.0 Å². The van der Waals surface area contributed by atoms with Crippen molar-refractivity contribution in [3.05, 3.63) is 18.3 Å². The van der Waals surface area contributed by atoms with Crippen molar-refractivity contribution in [2.45, 2.75) is 30.3 Å². The molecule has 0 saturated heterocycles. The summed E-state index contributed by atoms with van der Waals surface area (Å²) in [5.74, 6) is 1.51. The average Bonchev–Trinajstić information content (AvgIpc) is 3.28. The monoisotopic (exact) mass is 345 g/mol. The van der Waals surface area contributed by atoms with Crippen LogP contribution in [0.1, 0.15) is 19.8 Å². The summed E-state index contributed by atoms with van der Waals surface area (Å²) in [7, 11) is -3.50. The highest BCUT2D eigenvalue weighted by atomic mass is 32.2. The van der Waals surface area contributed by atoms with Gasteiger partial charge in [-0.25, -0.2) is 18.1 Å². The van der Waals surface area contributed by atoms with Crippen LogP contribution >= 0.6 is 11.8 Å². The molecule has 0 bridgehead atoms. The van der Waals surface area contributed by atoms with Crippen LogP contribution in [0.2, 0.25) is 0 Å². The van der Waals surface area contributed by atoms with Gasteiger partial charge in [0.1, 0.15) is 5.82 Å². The molecule has 0 radical (unpaired) electrons. The highest BCUT2D eigenvalue weighted by molar-refractivity contribution is 7.98. The van der Waals surface area contributed by atoms with Crippen molar-refractivity contribution in [1.29, 1.82) is 0 Å². The molecular weight excluding hydrogens is 322 g/mol. The highest BCUT2D eigenvalue weighted by Gasteiger charge is 2.24. The molecule has 1 fully saturated rings. The third-order valence-corrected chi connectivity index (χ3v) is 5.74. The van der Waals surface area contributed by atoms with E-state index in [0.717, 1.165) is 12.8 Å². The molecule has 6 nitrogen and oxygen atoms in total. The Morgan fingerprint density at radius 1 is 1.50 bits per heavy atom. The van der Waals surface area contributed by atoms with Crippen molar-refractivity contribution in [1.82, 2.24) is 9.71 Å². The number of rotatable bonds is 9. The summed E-state index contributed by atoms with van der Waals surface area (Å²) >= 11 is 1.55. The van der Waals surface area contributed by atoms with Gasteiger partial charge in [0.2, 0.25) is 10.0 Å². The Kier molecular flexibility index (Phi) is 5.70. The van der Waals surface area contributed by atoms with Gasteiger partial charge < -0.3 is 10.4 Å². The zero-order valence-corrected chi connectivity index (χ0v) is 14.5. The number of aromatic nitrogens is 1. The molecule has 3 N–H and O–H groups in total. The number of pyridine rings is 1. The van der Waals surface area contributed by atoms with Crippen LogP contribution in [0.15, 0.2) is 23.2 Å². The van der Waals surface area contributed by atoms with Crippen LogP contribution in [0.3, 0.4) is 0 Å². The van der Waals surface area contributed by atoms with Crippen LogP contribution in [-0.4, -0.2) is 49.2 Å². The molecule has 1 unspecified atom stereocenters. The predicted molar refractivity (Wildman–Crippen MR) is 89.6 cm³/mol. The fourth-order valence-electron chi connectivity index (χ4n) is 1.95. The molecule has 8 heteroatoms. The van der Waals surface area contributed by atoms with E-state index in [0.29, 0.717) is 30.6 Å². The molecule has 0 spiro atoms. The molecule has 0 amide bonds. The van der Waals surface area contributed by atoms with Crippen LogP contribution in [0.5, 0.6) is 0 Å². The number of hydrogen-bond donors (Lipinski definition) is 3. The van der Waals surface area contributed by atoms with Crippen LogP contribution < -0.4 is 10.0 Å². The molecule has 1 aromatic rings. The van der Waals surface area contributed by atoms with E-state index < -0.39 is 15.6 Å². The molecular formula is C14H23N3O3S2. The Morgan fingerprint density at radius 3 is 2.86 bits per heavy atom. The molecule has 0 aromatic carbocycles. The van der Waals surface area contributed by atoms with E-state index >= 15 is 0 Å². The smallest absolute Gasteiger partial charge is 0.240 e. The zero-order chi connectivity index (χ0) is 16.2. The first-order valence-electron chi connectivity index (χ1n) is 7.23. The molecule has 1 heterocycles. The second-order valence-electron chi connectivity index (χ2n) is 5.96. The van der Waals surface area contributed by atoms with Gasteiger partial charge in [-0.1, -0.05) is 0 Å². The Bertz CT molecular complexity index is 601. The first-order chi connectivity index (χ1) is 10.3. The van der Waals surface area contributed by atoms with E-state index in [1.165, 1.54) is 18.3 Å². The first kappa shape index (κ1) is 17.5. The van der Waals surface area contributed by atoms with E-state index in [-0.39, 0.29) is 4.90 Å². The quantitative estimate of drug-likeness (QED) is 0.625. The predicted octanol–water partition coefficient (Wildman–Crippen LogP) is 1.30. The maximum Gasteiger partial charge on any atom is 0.240 e. The van der Waals surface area contributed by atoms with Crippen molar-refractivity contribution in [2.75, 3.05) is 30.4 Å². The summed E-state index contributed by atoms with van der Waals surface area (Å²) < 4.78 is 27.0. The summed E-state index contributed by atoms with van der Waals surface area (Å²) in [4.78, 5) is 4.29. The Balaban J connectivity index is 1.99. The van der Waals surface area contributed by atoms with Gasteiger partial charge in [-0.3, -0.25) is 0 Å². The Labute approximate surface area is 136 Å². The van der Waals surface area contributed by atoms with E-state index in [4.69, 9.17) is 0 Å². The van der Waals surface area contributed by atoms with Crippen LogP contribution in [0.25, 0.3) is 0 Å². The number of nitrogens with zero attached hydrogens (tertiary/aromatic N) is 1. The van der Waals surface area contributed by atoms with Crippen LogP contribution in [0.4, 0.5) is 5.82 Å². The van der Waals surface area contributed by atoms with Gasteiger partial charge in [-0.15, -0.1) is 0 Å². The van der Waals surface area contributed by atoms with Gasteiger partial charge in [0, 0.05) is 31.1 Å². The summed E-state index contributed by atoms with van der Waals surface area (Å²) in [6, 6.07) is 2.96. The number of thioether (sulfide) groups is 1. The summed E-state index contributed by atoms with van der Waals surface area (Å²) in [6.45, 7) is 2.53. The standard InChI is InChI=1S/C14H23N3O3S2/c1-14(18,10-21-2)9-16-13-7-12(5-6-15-13)22(19,20)17-8-11-3-4-11/h5-7,11,17-18H,3-4,8-10H2,1-2H3,(H,15,16). The van der Waals surface area contributed by atoms with Crippen molar-refractivity contribution in [3.8, 4) is 0 Å². The fraction of sp³-hybridized carbons (Fsp3) is 0.643. The second-order valence-corrected chi connectivity index (χ2v) is 8.59. The fourth-order valence-corrected chi connectivity index (χ4v) is 3.80. The van der Waals surface area contributed by atoms with E-state index in [1.54, 1.807) is 18.7 Å². The van der Waals surface area contributed by atoms with Crippen molar-refractivity contribution >= 4 is 27.6 Å². The van der Waals surface area contributed by atoms with Crippen molar-refractivity contribution < 1.29 is 13.5 Å². The molecule has 124 valence electrons. The van der Waals surface area contributed by atoms with E-state index in [9.17, 15) is 13.5 Å². The van der Waals surface area contributed by atoms with Gasteiger partial charge in [0.25, 0.3) is 0 Å². The van der Waals surface area contributed by atoms with Gasteiger partial charge in [0.05, 0.1) is 10.5 Å². The molecule has 1 saturated carbocycles. The number of aliphatic hydroxyl groups is 1. The summed E-state index contributed by atoms with van der Waals surface area (Å²) in [5.41, 5.74) is -0.875. The van der Waals surface area contributed by atoms with E-state index in [2.05, 4.69) is 15.0 Å². The van der Waals surface area contributed by atoms with Crippen molar-refractivity contribution in [3.63, 3.8) is 0 Å². The largest absolute Gasteiger partial charge is 0.387 e. The third-order valence-electron chi connectivity index (χ3n) is 3.41. The SMILES string of the molecule is CSCC(C)(O)CNc1cc(S(=O)(=O)NCC2CC2)ccn1. The molecule has 1 atom stereocenters. The lowest BCUT2D eigenvalue weighted by Gasteiger charge is -2.22. The van der Waals surface area contributed by atoms with Crippen molar-refractivity contribution in [2.24, 2.45) is 5.92 Å². The first-order valence-corrected chi connectivity index (χ1v) is 10.1. The maximum absolute atomic E-state index is 12.2. The Hall–Kier alpha value is -0.830. The number of sulfonamides is 1. The minimum atomic E-state index is -3.50. The van der Waals surface area contributed by atoms with Crippen LogP contribution in [0, 0.1) is 5.92 Å². The average molecular weight is 345 g/mol. The summed E-state index contributed by atoms with van der Waals surface area (Å²) in [5, 5.41) is 13.1. The molecule has 2 rings (SSSR count). The van der Waals surface area contributed by atoms with Gasteiger partial charge in [-0.2, -0.15) is 11.8 Å². The molecule has 1 aliphatic carbocycles. The maximum atomic E-state index is 12.2. The second kappa shape index (κ2) is 7.16. The number of nitrogens with one attached hydrogen (secondary N) is 2. The zero-order valence-electron chi connectivity index (χ0n) is 12.9. The molecule has 1 aliphatic rings. The lowest BCUT2D eigenvalue weighted by Crippen LogP contribution is -2.36. The van der Waals surface area contributed by atoms with E-state index in [1.807, 2.05) is 6.26 Å². The third kappa shape index (κ3) is 5.42. The number of anilines is 1. The van der Waals surface area contributed by atoms with Gasteiger partial charge in [0.15, 0.2) is 0 Å². The lowest BCUT2D eigenvalue weighted by atomic mass is 10.1. The number of hydrogen-bond acceptors (Lipinski definition) is 6. The minimum absolute atomic E-state index is 0.190. The normalized spacial score (nSPS) is 18.0. The van der Waals surface area contributed by atoms with Crippen LogP contribution in [-0.2, 0) is 10.0 Å². The lowest BCUT2D eigenvalue weighted by molar-refractivity contribution is 0.0996. The molecule has 22 heavy (non-hydrogen) atoms. The van der Waals surface area contributed by atoms with Gasteiger partial charge >= 0.3 is 0 Å². The highest BCUT2D eigenvalue weighted by Crippen LogP contribution is 2.28. The molecule has 1 aromatic heterocycles. The topological polar surface area (TPSA) is 91.3 Å².